The van der Waals surface area contributed by atoms with Crippen LogP contribution in [0.25, 0.3) is 0 Å². The van der Waals surface area contributed by atoms with Crippen LogP contribution in [0.4, 0.5) is 5.69 Å². The van der Waals surface area contributed by atoms with Crippen molar-refractivity contribution in [1.82, 2.24) is 4.57 Å². The molecule has 1 aromatic carbocycles. The van der Waals surface area contributed by atoms with Gasteiger partial charge in [0.05, 0.1) is 6.61 Å². The van der Waals surface area contributed by atoms with E-state index < -0.39 is 0 Å². The van der Waals surface area contributed by atoms with Crippen molar-refractivity contribution in [1.29, 1.82) is 0 Å². The number of hydrogen-bond acceptors (Lipinski definition) is 2. The van der Waals surface area contributed by atoms with Gasteiger partial charge in [0, 0.05) is 29.5 Å². The van der Waals surface area contributed by atoms with Crippen LogP contribution in [0.5, 0.6) is 5.75 Å². The Hall–Kier alpha value is -1.75. The molecule has 0 saturated carbocycles. The molecular weight excluding hydrogens is 332 g/mol. The third-order valence-electron chi connectivity index (χ3n) is 2.88. The highest BCUT2D eigenvalue weighted by molar-refractivity contribution is 9.10. The van der Waals surface area contributed by atoms with Crippen molar-refractivity contribution in [3.63, 3.8) is 0 Å². The summed E-state index contributed by atoms with van der Waals surface area (Å²) in [6, 6.07) is 9.22. The predicted molar refractivity (Wildman–Crippen MR) is 87.8 cm³/mol. The van der Waals surface area contributed by atoms with Gasteiger partial charge in [-0.2, -0.15) is 0 Å². The molecule has 112 valence electrons. The number of anilines is 1. The van der Waals surface area contributed by atoms with Crippen LogP contribution in [0, 0.1) is 5.92 Å². The summed E-state index contributed by atoms with van der Waals surface area (Å²) in [6.07, 6.45) is 1.84. The molecule has 1 amide bonds. The molecular formula is C16H19BrN2O2. The number of nitrogens with zero attached hydrogens (tertiary/aromatic N) is 1. The lowest BCUT2D eigenvalue weighted by Crippen LogP contribution is -2.15. The van der Waals surface area contributed by atoms with Crippen molar-refractivity contribution >= 4 is 27.5 Å². The molecule has 0 bridgehead atoms. The number of halogens is 1. The Morgan fingerprint density at radius 1 is 1.38 bits per heavy atom. The summed E-state index contributed by atoms with van der Waals surface area (Å²) in [5, 5.41) is 2.88. The standard InChI is InChI=1S/C16H19BrN2O2/c1-11(2)10-21-14-6-4-5-13(8-14)18-16(20)15-7-12(17)9-19(15)3/h4-9,11H,10H2,1-3H3,(H,18,20). The minimum atomic E-state index is -0.149. The van der Waals surface area contributed by atoms with Crippen LogP contribution in [0.15, 0.2) is 41.0 Å². The van der Waals surface area contributed by atoms with E-state index >= 15 is 0 Å². The van der Waals surface area contributed by atoms with E-state index in [4.69, 9.17) is 4.74 Å². The number of ether oxygens (including phenoxy) is 1. The van der Waals surface area contributed by atoms with Crippen LogP contribution in [-0.2, 0) is 7.05 Å². The lowest BCUT2D eigenvalue weighted by atomic mass is 10.2. The summed E-state index contributed by atoms with van der Waals surface area (Å²) >= 11 is 3.36. The summed E-state index contributed by atoms with van der Waals surface area (Å²) in [4.78, 5) is 12.2. The van der Waals surface area contributed by atoms with E-state index in [2.05, 4.69) is 35.1 Å². The largest absolute Gasteiger partial charge is 0.493 e. The van der Waals surface area contributed by atoms with Crippen LogP contribution >= 0.6 is 15.9 Å². The van der Waals surface area contributed by atoms with Crippen molar-refractivity contribution in [2.75, 3.05) is 11.9 Å². The number of hydrogen-bond donors (Lipinski definition) is 1. The van der Waals surface area contributed by atoms with Gasteiger partial charge >= 0.3 is 0 Å². The molecule has 0 aliphatic rings. The van der Waals surface area contributed by atoms with Gasteiger partial charge in [0.25, 0.3) is 5.91 Å². The summed E-state index contributed by atoms with van der Waals surface area (Å²) < 4.78 is 8.31. The number of carbonyl (C=O) groups excluding carboxylic acids is 1. The maximum absolute atomic E-state index is 12.2. The van der Waals surface area contributed by atoms with Gasteiger partial charge in [-0.15, -0.1) is 0 Å². The molecule has 0 saturated heterocycles. The van der Waals surface area contributed by atoms with Gasteiger partial charge in [-0.25, -0.2) is 0 Å². The average Bonchev–Trinajstić information content (AvgIpc) is 2.76. The maximum Gasteiger partial charge on any atom is 0.272 e. The smallest absolute Gasteiger partial charge is 0.272 e. The number of amides is 1. The fourth-order valence-electron chi connectivity index (χ4n) is 1.87. The fraction of sp³-hybridized carbons (Fsp3) is 0.312. The van der Waals surface area contributed by atoms with Crippen LogP contribution in [0.1, 0.15) is 24.3 Å². The predicted octanol–water partition coefficient (Wildman–Crippen LogP) is 4.07. The molecule has 21 heavy (non-hydrogen) atoms. The number of aromatic nitrogens is 1. The molecule has 1 heterocycles. The van der Waals surface area contributed by atoms with Crippen molar-refractivity contribution in [3.05, 3.63) is 46.7 Å². The normalized spacial score (nSPS) is 10.7. The molecule has 5 heteroatoms. The highest BCUT2D eigenvalue weighted by Crippen LogP contribution is 2.20. The maximum atomic E-state index is 12.2. The van der Waals surface area contributed by atoms with Gasteiger partial charge in [-0.05, 0) is 40.0 Å². The zero-order valence-electron chi connectivity index (χ0n) is 12.4. The lowest BCUT2D eigenvalue weighted by molar-refractivity contribution is 0.101. The first-order valence-corrected chi connectivity index (χ1v) is 7.61. The van der Waals surface area contributed by atoms with E-state index in [0.29, 0.717) is 18.2 Å². The number of benzene rings is 1. The van der Waals surface area contributed by atoms with E-state index in [0.717, 1.165) is 15.9 Å². The van der Waals surface area contributed by atoms with Crippen molar-refractivity contribution in [2.24, 2.45) is 13.0 Å². The van der Waals surface area contributed by atoms with Gasteiger partial charge in [0.15, 0.2) is 0 Å². The third kappa shape index (κ3) is 4.36. The Bertz CT molecular complexity index is 635. The van der Waals surface area contributed by atoms with Crippen LogP contribution in [-0.4, -0.2) is 17.1 Å². The van der Waals surface area contributed by atoms with E-state index in [-0.39, 0.29) is 5.91 Å². The second kappa shape index (κ2) is 6.80. The lowest BCUT2D eigenvalue weighted by Gasteiger charge is -2.11. The third-order valence-corrected chi connectivity index (χ3v) is 3.31. The zero-order valence-corrected chi connectivity index (χ0v) is 14.0. The van der Waals surface area contributed by atoms with Gasteiger partial charge in [0.2, 0.25) is 0 Å². The Labute approximate surface area is 133 Å². The van der Waals surface area contributed by atoms with Crippen molar-refractivity contribution in [3.8, 4) is 5.75 Å². The van der Waals surface area contributed by atoms with E-state index in [9.17, 15) is 4.79 Å². The van der Waals surface area contributed by atoms with Crippen LogP contribution < -0.4 is 10.1 Å². The quantitative estimate of drug-likeness (QED) is 0.882. The fourth-order valence-corrected chi connectivity index (χ4v) is 2.40. The van der Waals surface area contributed by atoms with Crippen LogP contribution in [0.2, 0.25) is 0 Å². The molecule has 0 spiro atoms. The SMILES string of the molecule is CC(C)COc1cccc(NC(=O)c2cc(Br)cn2C)c1. The van der Waals surface area contributed by atoms with Gasteiger partial charge in [0.1, 0.15) is 11.4 Å². The Balaban J connectivity index is 2.07. The van der Waals surface area contributed by atoms with Crippen molar-refractivity contribution in [2.45, 2.75) is 13.8 Å². The highest BCUT2D eigenvalue weighted by atomic mass is 79.9. The first-order valence-electron chi connectivity index (χ1n) is 6.82. The molecule has 0 aliphatic heterocycles. The highest BCUT2D eigenvalue weighted by Gasteiger charge is 2.11. The summed E-state index contributed by atoms with van der Waals surface area (Å²) in [7, 11) is 1.84. The molecule has 1 aromatic heterocycles. The average molecular weight is 351 g/mol. The second-order valence-corrected chi connectivity index (χ2v) is 6.26. The topological polar surface area (TPSA) is 43.3 Å². The molecule has 1 N–H and O–H groups in total. The monoisotopic (exact) mass is 350 g/mol. The van der Waals surface area contributed by atoms with Gasteiger partial charge < -0.3 is 14.6 Å². The van der Waals surface area contributed by atoms with Crippen LogP contribution in [0.3, 0.4) is 0 Å². The summed E-state index contributed by atoms with van der Waals surface area (Å²) in [6.45, 7) is 4.85. The van der Waals surface area contributed by atoms with E-state index in [1.54, 1.807) is 10.6 Å². The number of carbonyl (C=O) groups is 1. The van der Waals surface area contributed by atoms with Gasteiger partial charge in [-0.3, -0.25) is 4.79 Å². The number of nitrogens with one attached hydrogen (secondary N) is 1. The van der Waals surface area contributed by atoms with Gasteiger partial charge in [-0.1, -0.05) is 19.9 Å². The summed E-state index contributed by atoms with van der Waals surface area (Å²) in [5.41, 5.74) is 1.31. The molecule has 0 unspecified atom stereocenters. The Morgan fingerprint density at radius 2 is 2.14 bits per heavy atom. The zero-order chi connectivity index (χ0) is 15.4. The molecule has 0 radical (unpaired) electrons. The second-order valence-electron chi connectivity index (χ2n) is 5.34. The molecule has 0 aliphatic carbocycles. The van der Waals surface area contributed by atoms with E-state index in [1.807, 2.05) is 37.5 Å². The minimum Gasteiger partial charge on any atom is -0.493 e. The first-order chi connectivity index (χ1) is 9.95. The molecule has 2 rings (SSSR count). The molecule has 0 atom stereocenters. The minimum absolute atomic E-state index is 0.149. The molecule has 2 aromatic rings. The Kier molecular flexibility index (Phi) is 5.07. The summed E-state index contributed by atoms with van der Waals surface area (Å²) in [5.74, 6) is 1.07. The number of rotatable bonds is 5. The molecule has 4 nitrogen and oxygen atoms in total. The number of aryl methyl sites for hydroxylation is 1. The first kappa shape index (κ1) is 15.6. The van der Waals surface area contributed by atoms with Crippen molar-refractivity contribution < 1.29 is 9.53 Å². The molecule has 0 fully saturated rings. The van der Waals surface area contributed by atoms with E-state index in [1.165, 1.54) is 0 Å². The Morgan fingerprint density at radius 3 is 2.76 bits per heavy atom.